The average Bonchev–Trinajstić information content (AvgIpc) is 3.02. The zero-order valence-electron chi connectivity index (χ0n) is 26.8. The third kappa shape index (κ3) is 5.31. The third-order valence-corrected chi connectivity index (χ3v) is 9.04. The molecule has 1 aromatic carbocycles. The second kappa shape index (κ2) is 12.3. The molecule has 2 atom stereocenters. The highest BCUT2D eigenvalue weighted by Gasteiger charge is 2.34. The molecule has 11 heteroatoms. The first-order valence-electron chi connectivity index (χ1n) is 15.7. The van der Waals surface area contributed by atoms with Crippen LogP contribution < -0.4 is 15.3 Å². The number of halogens is 2. The molecule has 0 unspecified atom stereocenters. The van der Waals surface area contributed by atoms with E-state index in [0.717, 1.165) is 17.5 Å². The Morgan fingerprint density at radius 3 is 2.63 bits per heavy atom. The molecule has 2 aliphatic rings. The summed E-state index contributed by atoms with van der Waals surface area (Å²) in [5.41, 5.74) is 2.20. The SMILES string of the molecule is C=CC(=O)N1C[C@H](C)N(c2nc(=O)n3c4nc(c(F)cc24)-c2c(F)cccc2OCCCCc2cnc(C(C)C)c-3c2C)C[C@H]1C. The summed E-state index contributed by atoms with van der Waals surface area (Å²) in [6.45, 7) is 14.4. The maximum absolute atomic E-state index is 16.3. The molecule has 0 aliphatic carbocycles. The number of benzene rings is 1. The quantitative estimate of drug-likeness (QED) is 0.262. The van der Waals surface area contributed by atoms with Crippen LogP contribution >= 0.6 is 0 Å². The summed E-state index contributed by atoms with van der Waals surface area (Å²) in [5, 5.41) is 0.286. The van der Waals surface area contributed by atoms with E-state index in [1.807, 2.05) is 45.7 Å². The van der Waals surface area contributed by atoms with Gasteiger partial charge in [-0.05, 0) is 81.4 Å². The highest BCUT2D eigenvalue weighted by molar-refractivity contribution is 5.92. The largest absolute Gasteiger partial charge is 0.493 e. The smallest absolute Gasteiger partial charge is 0.355 e. The lowest BCUT2D eigenvalue weighted by atomic mass is 9.98. The number of carbonyl (C=O) groups excluding carboxylic acids is 1. The van der Waals surface area contributed by atoms with Crippen molar-refractivity contribution >= 4 is 22.8 Å². The maximum Gasteiger partial charge on any atom is 0.355 e. The van der Waals surface area contributed by atoms with Gasteiger partial charge in [0.2, 0.25) is 5.91 Å². The Morgan fingerprint density at radius 1 is 1.11 bits per heavy atom. The summed E-state index contributed by atoms with van der Waals surface area (Å²) in [6, 6.07) is 5.12. The first-order chi connectivity index (χ1) is 22.0. The second-order valence-corrected chi connectivity index (χ2v) is 12.5. The van der Waals surface area contributed by atoms with Crippen LogP contribution in [-0.2, 0) is 11.2 Å². The molecule has 0 N–H and O–H groups in total. The van der Waals surface area contributed by atoms with E-state index >= 15 is 8.78 Å². The number of hydrogen-bond donors (Lipinski definition) is 0. The summed E-state index contributed by atoms with van der Waals surface area (Å²) < 4.78 is 39.3. The normalized spacial score (nSPS) is 18.3. The number of ether oxygens (including phenoxy) is 1. The summed E-state index contributed by atoms with van der Waals surface area (Å²) in [7, 11) is 0. The number of anilines is 1. The van der Waals surface area contributed by atoms with Crippen molar-refractivity contribution in [2.75, 3.05) is 24.6 Å². The summed E-state index contributed by atoms with van der Waals surface area (Å²) in [4.78, 5) is 44.6. The summed E-state index contributed by atoms with van der Waals surface area (Å²) in [6.07, 6.45) is 5.27. The molecule has 1 amide bonds. The van der Waals surface area contributed by atoms with Crippen LogP contribution in [0.1, 0.15) is 63.3 Å². The predicted octanol–water partition coefficient (Wildman–Crippen LogP) is 5.88. The van der Waals surface area contributed by atoms with Gasteiger partial charge in [-0.25, -0.2) is 23.1 Å². The van der Waals surface area contributed by atoms with Crippen LogP contribution in [0, 0.1) is 18.6 Å². The number of nitrogens with zero attached hydrogens (tertiary/aromatic N) is 6. The number of pyridine rings is 2. The fourth-order valence-electron chi connectivity index (χ4n) is 6.61. The number of amides is 1. The first kappa shape index (κ1) is 31.3. The molecule has 1 saturated heterocycles. The van der Waals surface area contributed by atoms with Gasteiger partial charge in [-0.2, -0.15) is 4.98 Å². The Labute approximate surface area is 266 Å². The van der Waals surface area contributed by atoms with Gasteiger partial charge in [0.05, 0.1) is 28.9 Å². The van der Waals surface area contributed by atoms with E-state index in [0.29, 0.717) is 43.9 Å². The molecule has 0 spiro atoms. The van der Waals surface area contributed by atoms with Crippen LogP contribution in [0.2, 0.25) is 0 Å². The maximum atomic E-state index is 16.3. The Morgan fingerprint density at radius 2 is 1.89 bits per heavy atom. The molecule has 5 heterocycles. The first-order valence-corrected chi connectivity index (χ1v) is 15.7. The van der Waals surface area contributed by atoms with Crippen molar-refractivity contribution in [2.24, 2.45) is 0 Å². The number of aromatic nitrogens is 4. The fourth-order valence-corrected chi connectivity index (χ4v) is 6.61. The number of rotatable bonds is 3. The van der Waals surface area contributed by atoms with Crippen molar-refractivity contribution in [1.29, 1.82) is 0 Å². The lowest BCUT2D eigenvalue weighted by Crippen LogP contribution is -2.58. The van der Waals surface area contributed by atoms with Crippen LogP contribution in [0.5, 0.6) is 5.75 Å². The molecule has 6 rings (SSSR count). The van der Waals surface area contributed by atoms with Gasteiger partial charge in [0.25, 0.3) is 0 Å². The summed E-state index contributed by atoms with van der Waals surface area (Å²) >= 11 is 0. The molecule has 46 heavy (non-hydrogen) atoms. The zero-order valence-corrected chi connectivity index (χ0v) is 26.8. The Bertz CT molecular complexity index is 1920. The molecule has 0 radical (unpaired) electrons. The van der Waals surface area contributed by atoms with E-state index in [-0.39, 0.29) is 57.8 Å². The van der Waals surface area contributed by atoms with Gasteiger partial charge in [-0.1, -0.05) is 26.5 Å². The van der Waals surface area contributed by atoms with Crippen molar-refractivity contribution in [3.05, 3.63) is 82.1 Å². The Kier molecular flexibility index (Phi) is 8.35. The minimum absolute atomic E-state index is 0.0638. The number of hydrogen-bond acceptors (Lipinski definition) is 7. The van der Waals surface area contributed by atoms with Crippen LogP contribution in [0.15, 0.2) is 47.9 Å². The van der Waals surface area contributed by atoms with Gasteiger partial charge >= 0.3 is 5.69 Å². The van der Waals surface area contributed by atoms with E-state index in [1.54, 1.807) is 11.0 Å². The van der Waals surface area contributed by atoms with Gasteiger partial charge in [-0.15, -0.1) is 0 Å². The zero-order chi connectivity index (χ0) is 32.9. The van der Waals surface area contributed by atoms with Crippen LogP contribution in [0.25, 0.3) is 28.0 Å². The molecule has 4 aromatic rings. The summed E-state index contributed by atoms with van der Waals surface area (Å²) in [5.74, 6) is -1.30. The standard InChI is InChI=1S/C35H38F2N6O3/c1-7-28(44)41-17-21(5)42(18-20(41)4)33-24-15-26(37)31-29-25(36)12-10-13-27(29)46-14-9-8-11-23-16-38-30(19(2)3)32(22(23)6)43(34(24)39-31)35(45)40-33/h7,10,12-13,15-16,19-21H,1,8-9,11,14,17-18H2,2-6H3/t20-,21+/m1/s1. The lowest BCUT2D eigenvalue weighted by molar-refractivity contribution is -0.128. The van der Waals surface area contributed by atoms with Crippen molar-refractivity contribution in [3.8, 4) is 22.7 Å². The number of fused-ring (bicyclic) bond motifs is 6. The van der Waals surface area contributed by atoms with Gasteiger partial charge in [0.1, 0.15) is 23.1 Å². The minimum atomic E-state index is -0.781. The Balaban J connectivity index is 1.70. The van der Waals surface area contributed by atoms with Gasteiger partial charge < -0.3 is 14.5 Å². The van der Waals surface area contributed by atoms with E-state index in [4.69, 9.17) is 14.7 Å². The molecule has 9 nitrogen and oxygen atoms in total. The predicted molar refractivity (Wildman–Crippen MR) is 174 cm³/mol. The molecule has 0 saturated carbocycles. The highest BCUT2D eigenvalue weighted by Crippen LogP contribution is 2.38. The topological polar surface area (TPSA) is 93.5 Å². The van der Waals surface area contributed by atoms with Crippen LogP contribution in [-0.4, -0.2) is 62.1 Å². The number of piperazine rings is 1. The molecular formula is C35H38F2N6O3. The monoisotopic (exact) mass is 628 g/mol. The highest BCUT2D eigenvalue weighted by atomic mass is 19.1. The molecule has 3 aromatic heterocycles. The molecule has 2 aliphatic heterocycles. The van der Waals surface area contributed by atoms with Crippen LogP contribution in [0.3, 0.4) is 0 Å². The second-order valence-electron chi connectivity index (χ2n) is 12.5. The molecule has 1 fully saturated rings. The van der Waals surface area contributed by atoms with Crippen molar-refractivity contribution in [1.82, 2.24) is 24.4 Å². The van der Waals surface area contributed by atoms with Crippen molar-refractivity contribution < 1.29 is 18.3 Å². The van der Waals surface area contributed by atoms with E-state index in [2.05, 4.69) is 11.6 Å². The molecular weight excluding hydrogens is 590 g/mol. The fraction of sp³-hybridized carbons (Fsp3) is 0.400. The lowest BCUT2D eigenvalue weighted by Gasteiger charge is -2.44. The Hall–Kier alpha value is -4.67. The van der Waals surface area contributed by atoms with E-state index in [9.17, 15) is 9.59 Å². The van der Waals surface area contributed by atoms with E-state index in [1.165, 1.54) is 28.8 Å². The van der Waals surface area contributed by atoms with Gasteiger partial charge in [0, 0.05) is 31.4 Å². The average molecular weight is 629 g/mol. The van der Waals surface area contributed by atoms with Gasteiger partial charge in [-0.3, -0.25) is 9.78 Å². The van der Waals surface area contributed by atoms with Crippen LogP contribution in [0.4, 0.5) is 14.6 Å². The van der Waals surface area contributed by atoms with E-state index < -0.39 is 17.3 Å². The molecule has 240 valence electrons. The van der Waals surface area contributed by atoms with Crippen molar-refractivity contribution in [3.63, 3.8) is 0 Å². The number of carbonyl (C=O) groups is 1. The minimum Gasteiger partial charge on any atom is -0.493 e. The number of aryl methyl sites for hydroxylation is 1. The molecule has 4 bridgehead atoms. The third-order valence-electron chi connectivity index (χ3n) is 9.04. The van der Waals surface area contributed by atoms with Crippen molar-refractivity contribution in [2.45, 2.75) is 71.9 Å². The van der Waals surface area contributed by atoms with Gasteiger partial charge in [0.15, 0.2) is 11.5 Å².